The van der Waals surface area contributed by atoms with Gasteiger partial charge in [0.2, 0.25) is 0 Å². The fraction of sp³-hybridized carbons (Fsp3) is 0.200. The van der Waals surface area contributed by atoms with E-state index in [1.165, 1.54) is 5.56 Å². The van der Waals surface area contributed by atoms with E-state index < -0.39 is 0 Å². The number of hydrogen-bond acceptors (Lipinski definition) is 3. The molecule has 0 amide bonds. The third kappa shape index (κ3) is 2.33. The molecule has 0 spiro atoms. The van der Waals surface area contributed by atoms with Crippen LogP contribution in [0.25, 0.3) is 0 Å². The maximum Gasteiger partial charge on any atom is 0.148 e. The number of aromatic nitrogens is 1. The Kier molecular flexibility index (Phi) is 3.59. The SMILES string of the molecule is CCc1ccccc1Nc1nccc(C)c1C#N. The molecule has 0 radical (unpaired) electrons. The molecule has 0 aliphatic rings. The van der Waals surface area contributed by atoms with Gasteiger partial charge in [-0.15, -0.1) is 0 Å². The Morgan fingerprint density at radius 2 is 2.06 bits per heavy atom. The molecule has 2 aromatic rings. The van der Waals surface area contributed by atoms with Crippen molar-refractivity contribution in [2.75, 3.05) is 5.32 Å². The average Bonchev–Trinajstić information content (AvgIpc) is 2.40. The summed E-state index contributed by atoms with van der Waals surface area (Å²) < 4.78 is 0. The second-order valence-corrected chi connectivity index (χ2v) is 4.10. The summed E-state index contributed by atoms with van der Waals surface area (Å²) in [7, 11) is 0. The molecule has 1 N–H and O–H groups in total. The lowest BCUT2D eigenvalue weighted by atomic mass is 10.1. The molecule has 1 heterocycles. The number of nitrogens with one attached hydrogen (secondary N) is 1. The molecule has 0 aliphatic heterocycles. The molecule has 0 bridgehead atoms. The van der Waals surface area contributed by atoms with E-state index in [0.717, 1.165) is 17.7 Å². The van der Waals surface area contributed by atoms with Gasteiger partial charge in [0.1, 0.15) is 11.9 Å². The fourth-order valence-electron chi connectivity index (χ4n) is 1.87. The van der Waals surface area contributed by atoms with Crippen LogP contribution in [-0.4, -0.2) is 4.98 Å². The Morgan fingerprint density at radius 1 is 1.28 bits per heavy atom. The standard InChI is InChI=1S/C15H15N3/c1-3-12-6-4-5-7-14(12)18-15-13(10-16)11(2)8-9-17-15/h4-9H,3H2,1-2H3,(H,17,18). The molecule has 0 atom stereocenters. The lowest BCUT2D eigenvalue weighted by Crippen LogP contribution is -2.00. The summed E-state index contributed by atoms with van der Waals surface area (Å²) in [5.41, 5.74) is 3.76. The number of aryl methyl sites for hydroxylation is 2. The topological polar surface area (TPSA) is 48.7 Å². The van der Waals surface area contributed by atoms with E-state index in [1.807, 2.05) is 31.2 Å². The van der Waals surface area contributed by atoms with E-state index in [4.69, 9.17) is 0 Å². The summed E-state index contributed by atoms with van der Waals surface area (Å²) in [6.07, 6.45) is 2.66. The first-order valence-corrected chi connectivity index (χ1v) is 5.97. The number of para-hydroxylation sites is 1. The molecule has 3 heteroatoms. The van der Waals surface area contributed by atoms with Crippen LogP contribution in [0.3, 0.4) is 0 Å². The minimum Gasteiger partial charge on any atom is -0.339 e. The summed E-state index contributed by atoms with van der Waals surface area (Å²) in [5, 5.41) is 12.4. The highest BCUT2D eigenvalue weighted by Crippen LogP contribution is 2.23. The van der Waals surface area contributed by atoms with Gasteiger partial charge in [-0.25, -0.2) is 4.98 Å². The molecule has 2 rings (SSSR count). The van der Waals surface area contributed by atoms with Gasteiger partial charge in [-0.05, 0) is 36.6 Å². The molecule has 18 heavy (non-hydrogen) atoms. The zero-order valence-corrected chi connectivity index (χ0v) is 10.6. The zero-order valence-electron chi connectivity index (χ0n) is 10.6. The van der Waals surface area contributed by atoms with Crippen molar-refractivity contribution in [1.29, 1.82) is 5.26 Å². The first-order chi connectivity index (χ1) is 8.76. The van der Waals surface area contributed by atoms with Crippen molar-refractivity contribution in [3.63, 3.8) is 0 Å². The molecule has 3 nitrogen and oxygen atoms in total. The van der Waals surface area contributed by atoms with Crippen molar-refractivity contribution in [3.05, 3.63) is 53.2 Å². The first kappa shape index (κ1) is 12.1. The van der Waals surface area contributed by atoms with Gasteiger partial charge in [-0.1, -0.05) is 25.1 Å². The summed E-state index contributed by atoms with van der Waals surface area (Å²) in [4.78, 5) is 4.25. The highest BCUT2D eigenvalue weighted by atomic mass is 15.0. The van der Waals surface area contributed by atoms with Gasteiger partial charge < -0.3 is 5.32 Å². The number of pyridine rings is 1. The van der Waals surface area contributed by atoms with Crippen LogP contribution < -0.4 is 5.32 Å². The molecule has 0 unspecified atom stereocenters. The van der Waals surface area contributed by atoms with Gasteiger partial charge in [-0.2, -0.15) is 5.26 Å². The maximum absolute atomic E-state index is 9.17. The Bertz CT molecular complexity index is 597. The Balaban J connectivity index is 2.41. The maximum atomic E-state index is 9.17. The Hall–Kier alpha value is -2.34. The van der Waals surface area contributed by atoms with Crippen LogP contribution in [0.15, 0.2) is 36.5 Å². The van der Waals surface area contributed by atoms with Crippen LogP contribution in [-0.2, 0) is 6.42 Å². The van der Waals surface area contributed by atoms with E-state index in [-0.39, 0.29) is 0 Å². The van der Waals surface area contributed by atoms with E-state index >= 15 is 0 Å². The van der Waals surface area contributed by atoms with Crippen LogP contribution in [0.4, 0.5) is 11.5 Å². The summed E-state index contributed by atoms with van der Waals surface area (Å²) in [6, 6.07) is 12.1. The van der Waals surface area contributed by atoms with Gasteiger partial charge in [0.15, 0.2) is 0 Å². The first-order valence-electron chi connectivity index (χ1n) is 5.97. The van der Waals surface area contributed by atoms with Gasteiger partial charge in [0, 0.05) is 11.9 Å². The van der Waals surface area contributed by atoms with Crippen molar-refractivity contribution < 1.29 is 0 Å². The van der Waals surface area contributed by atoms with Crippen molar-refractivity contribution in [2.45, 2.75) is 20.3 Å². The highest BCUT2D eigenvalue weighted by molar-refractivity contribution is 5.66. The van der Waals surface area contributed by atoms with E-state index in [9.17, 15) is 5.26 Å². The van der Waals surface area contributed by atoms with Crippen LogP contribution in [0.2, 0.25) is 0 Å². The van der Waals surface area contributed by atoms with Crippen molar-refractivity contribution in [3.8, 4) is 6.07 Å². The molecule has 0 aliphatic carbocycles. The van der Waals surface area contributed by atoms with E-state index in [1.54, 1.807) is 6.20 Å². The minimum absolute atomic E-state index is 0.600. The van der Waals surface area contributed by atoms with Crippen LogP contribution in [0.5, 0.6) is 0 Å². The second kappa shape index (κ2) is 5.33. The largest absolute Gasteiger partial charge is 0.339 e. The molecule has 1 aromatic heterocycles. The normalized spacial score (nSPS) is 9.83. The molecule has 0 saturated carbocycles. The van der Waals surface area contributed by atoms with E-state index in [0.29, 0.717) is 11.4 Å². The monoisotopic (exact) mass is 237 g/mol. The summed E-state index contributed by atoms with van der Waals surface area (Å²) in [6.45, 7) is 4.02. The lowest BCUT2D eigenvalue weighted by molar-refractivity contribution is 1.13. The third-order valence-corrected chi connectivity index (χ3v) is 2.92. The molecular weight excluding hydrogens is 222 g/mol. The number of hydrogen-bond donors (Lipinski definition) is 1. The molecule has 1 aromatic carbocycles. The van der Waals surface area contributed by atoms with Gasteiger partial charge in [0.05, 0.1) is 5.56 Å². The second-order valence-electron chi connectivity index (χ2n) is 4.10. The van der Waals surface area contributed by atoms with Crippen molar-refractivity contribution in [2.24, 2.45) is 0 Å². The van der Waals surface area contributed by atoms with Crippen LogP contribution >= 0.6 is 0 Å². The van der Waals surface area contributed by atoms with E-state index in [2.05, 4.69) is 29.4 Å². The average molecular weight is 237 g/mol. The Morgan fingerprint density at radius 3 is 2.78 bits per heavy atom. The molecule has 0 fully saturated rings. The van der Waals surface area contributed by atoms with Gasteiger partial charge >= 0.3 is 0 Å². The predicted molar refractivity (Wildman–Crippen MR) is 72.8 cm³/mol. The summed E-state index contributed by atoms with van der Waals surface area (Å²) >= 11 is 0. The molecule has 90 valence electrons. The number of anilines is 2. The number of nitrogens with zero attached hydrogens (tertiary/aromatic N) is 2. The number of rotatable bonds is 3. The summed E-state index contributed by atoms with van der Waals surface area (Å²) in [5.74, 6) is 0.624. The predicted octanol–water partition coefficient (Wildman–Crippen LogP) is 3.57. The highest BCUT2D eigenvalue weighted by Gasteiger charge is 2.08. The number of benzene rings is 1. The molecular formula is C15H15N3. The third-order valence-electron chi connectivity index (χ3n) is 2.92. The van der Waals surface area contributed by atoms with Gasteiger partial charge in [0.25, 0.3) is 0 Å². The zero-order chi connectivity index (χ0) is 13.0. The Labute approximate surface area is 107 Å². The lowest BCUT2D eigenvalue weighted by Gasteiger charge is -2.11. The smallest absolute Gasteiger partial charge is 0.148 e. The van der Waals surface area contributed by atoms with Crippen molar-refractivity contribution in [1.82, 2.24) is 4.98 Å². The van der Waals surface area contributed by atoms with Crippen molar-refractivity contribution >= 4 is 11.5 Å². The quantitative estimate of drug-likeness (QED) is 0.887. The number of nitriles is 1. The van der Waals surface area contributed by atoms with Gasteiger partial charge in [-0.3, -0.25) is 0 Å². The fourth-order valence-corrected chi connectivity index (χ4v) is 1.87. The van der Waals surface area contributed by atoms with Crippen LogP contribution in [0, 0.1) is 18.3 Å². The van der Waals surface area contributed by atoms with Crippen LogP contribution in [0.1, 0.15) is 23.6 Å². The molecule has 0 saturated heterocycles. The minimum atomic E-state index is 0.600.